The Morgan fingerprint density at radius 2 is 1.85 bits per heavy atom. The van der Waals surface area contributed by atoms with Crippen molar-refractivity contribution < 1.29 is 9.53 Å². The summed E-state index contributed by atoms with van der Waals surface area (Å²) in [5.41, 5.74) is 1.48. The molecule has 3 fully saturated rings. The van der Waals surface area contributed by atoms with Gasteiger partial charge in [-0.25, -0.2) is 9.97 Å². The summed E-state index contributed by atoms with van der Waals surface area (Å²) in [6.07, 6.45) is 8.09. The van der Waals surface area contributed by atoms with Gasteiger partial charge in [0.05, 0.1) is 31.1 Å². The van der Waals surface area contributed by atoms with Gasteiger partial charge in [0, 0.05) is 31.1 Å². The first kappa shape index (κ1) is 22.7. The van der Waals surface area contributed by atoms with Crippen LogP contribution >= 0.6 is 11.3 Å². The molecule has 1 atom stereocenters. The Morgan fingerprint density at radius 3 is 2.68 bits per heavy atom. The smallest absolute Gasteiger partial charge is 0.227 e. The predicted octanol–water partition coefficient (Wildman–Crippen LogP) is 3.49. The Labute approximate surface area is 206 Å². The normalized spacial score (nSPS) is 24.7. The fourth-order valence-corrected chi connectivity index (χ4v) is 7.43. The number of carbonyl (C=O) groups is 1. The van der Waals surface area contributed by atoms with Crippen molar-refractivity contribution in [1.82, 2.24) is 19.8 Å². The number of ether oxygens (including phenoxy) is 1. The highest BCUT2D eigenvalue weighted by molar-refractivity contribution is 7.19. The molecular weight excluding hydrogens is 446 g/mol. The van der Waals surface area contributed by atoms with Crippen molar-refractivity contribution in [2.75, 3.05) is 57.4 Å². The molecule has 3 saturated heterocycles. The number of amides is 1. The Kier molecular flexibility index (Phi) is 6.47. The molecule has 1 aliphatic carbocycles. The van der Waals surface area contributed by atoms with Gasteiger partial charge in [-0.15, -0.1) is 11.3 Å². The van der Waals surface area contributed by atoms with Gasteiger partial charge in [0.15, 0.2) is 0 Å². The van der Waals surface area contributed by atoms with Crippen molar-refractivity contribution in [3.8, 4) is 0 Å². The van der Waals surface area contributed by atoms with E-state index < -0.39 is 0 Å². The van der Waals surface area contributed by atoms with E-state index in [1.165, 1.54) is 41.5 Å². The number of hydrogen-bond acceptors (Lipinski definition) is 7. The van der Waals surface area contributed by atoms with Crippen LogP contribution in [0.5, 0.6) is 0 Å². The second-order valence-electron chi connectivity index (χ2n) is 10.7. The molecular formula is C26H37N5O2S. The molecule has 8 heteroatoms. The maximum absolute atomic E-state index is 13.3. The fourth-order valence-electron chi connectivity index (χ4n) is 6.15. The van der Waals surface area contributed by atoms with E-state index in [4.69, 9.17) is 14.7 Å². The number of rotatable bonds is 4. The van der Waals surface area contributed by atoms with Crippen LogP contribution in [0.15, 0.2) is 0 Å². The molecule has 5 heterocycles. The summed E-state index contributed by atoms with van der Waals surface area (Å²) >= 11 is 1.89. The van der Waals surface area contributed by atoms with Gasteiger partial charge in [0.25, 0.3) is 0 Å². The van der Waals surface area contributed by atoms with E-state index >= 15 is 0 Å². The number of likely N-dealkylation sites (tertiary alicyclic amines) is 1. The SMILES string of the molecule is CC1CCN(Cc2nc(N3CCC[C@H](C(=O)N4CCOCC4)C3)c3c4c(sc3n2)CCC4)CC1. The van der Waals surface area contributed by atoms with Gasteiger partial charge in [0.2, 0.25) is 5.91 Å². The zero-order valence-electron chi connectivity index (χ0n) is 20.4. The lowest BCUT2D eigenvalue weighted by atomic mass is 9.96. The van der Waals surface area contributed by atoms with Crippen LogP contribution in [-0.2, 0) is 28.9 Å². The summed E-state index contributed by atoms with van der Waals surface area (Å²) in [6, 6.07) is 0. The lowest BCUT2D eigenvalue weighted by molar-refractivity contribution is -0.139. The third-order valence-corrected chi connectivity index (χ3v) is 9.41. The molecule has 1 amide bonds. The molecule has 0 bridgehead atoms. The number of carbonyl (C=O) groups excluding carboxylic acids is 1. The summed E-state index contributed by atoms with van der Waals surface area (Å²) in [4.78, 5) is 33.2. The van der Waals surface area contributed by atoms with Crippen LogP contribution in [0.2, 0.25) is 0 Å². The zero-order chi connectivity index (χ0) is 23.1. The molecule has 0 N–H and O–H groups in total. The van der Waals surface area contributed by atoms with E-state index in [-0.39, 0.29) is 5.92 Å². The fraction of sp³-hybridized carbons (Fsp3) is 0.731. The second-order valence-corrected chi connectivity index (χ2v) is 11.8. The first-order valence-electron chi connectivity index (χ1n) is 13.3. The van der Waals surface area contributed by atoms with Crippen LogP contribution in [0.1, 0.15) is 55.3 Å². The quantitative estimate of drug-likeness (QED) is 0.664. The number of aromatic nitrogens is 2. The molecule has 3 aliphatic heterocycles. The van der Waals surface area contributed by atoms with Crippen LogP contribution in [0.3, 0.4) is 0 Å². The molecule has 184 valence electrons. The standard InChI is InChI=1S/C26H37N5O2S/c1-18-7-10-29(11-8-18)17-22-27-24(23-20-5-2-6-21(20)34-25(23)28-22)31-9-3-4-19(16-31)26(32)30-12-14-33-15-13-30/h18-19H,2-17H2,1H3/t19-/m0/s1. The zero-order valence-corrected chi connectivity index (χ0v) is 21.2. The molecule has 0 aromatic carbocycles. The van der Waals surface area contributed by atoms with E-state index in [2.05, 4.69) is 16.7 Å². The van der Waals surface area contributed by atoms with E-state index in [0.717, 1.165) is 87.5 Å². The van der Waals surface area contributed by atoms with Gasteiger partial charge < -0.3 is 14.5 Å². The minimum Gasteiger partial charge on any atom is -0.378 e. The Balaban J connectivity index is 1.29. The maximum Gasteiger partial charge on any atom is 0.227 e. The van der Waals surface area contributed by atoms with E-state index in [1.54, 1.807) is 0 Å². The molecule has 4 aliphatic rings. The van der Waals surface area contributed by atoms with Crippen molar-refractivity contribution in [2.24, 2.45) is 11.8 Å². The van der Waals surface area contributed by atoms with Crippen LogP contribution in [0, 0.1) is 11.8 Å². The molecule has 34 heavy (non-hydrogen) atoms. The minimum absolute atomic E-state index is 0.0515. The average Bonchev–Trinajstić information content (AvgIpc) is 3.46. The van der Waals surface area contributed by atoms with Crippen LogP contribution in [-0.4, -0.2) is 78.2 Å². The van der Waals surface area contributed by atoms with E-state index in [0.29, 0.717) is 19.1 Å². The second kappa shape index (κ2) is 9.70. The molecule has 0 spiro atoms. The van der Waals surface area contributed by atoms with Gasteiger partial charge in [-0.1, -0.05) is 6.92 Å². The molecule has 7 nitrogen and oxygen atoms in total. The van der Waals surface area contributed by atoms with Gasteiger partial charge >= 0.3 is 0 Å². The molecule has 2 aromatic heterocycles. The third-order valence-electron chi connectivity index (χ3n) is 8.23. The van der Waals surface area contributed by atoms with Crippen molar-refractivity contribution in [3.63, 3.8) is 0 Å². The highest BCUT2D eigenvalue weighted by Gasteiger charge is 2.33. The van der Waals surface area contributed by atoms with Crippen molar-refractivity contribution >= 4 is 33.3 Å². The number of piperidine rings is 2. The number of hydrogen-bond donors (Lipinski definition) is 0. The highest BCUT2D eigenvalue weighted by atomic mass is 32.1. The number of aryl methyl sites for hydroxylation is 2. The lowest BCUT2D eigenvalue weighted by Crippen LogP contribution is -2.48. The van der Waals surface area contributed by atoms with Crippen LogP contribution in [0.4, 0.5) is 5.82 Å². The molecule has 2 aromatic rings. The molecule has 0 saturated carbocycles. The van der Waals surface area contributed by atoms with E-state index in [9.17, 15) is 4.79 Å². The Bertz CT molecular complexity index is 1040. The summed E-state index contributed by atoms with van der Waals surface area (Å²) in [6.45, 7) is 9.99. The van der Waals surface area contributed by atoms with Crippen LogP contribution in [0.25, 0.3) is 10.2 Å². The number of nitrogens with zero attached hydrogens (tertiary/aromatic N) is 5. The molecule has 0 unspecified atom stereocenters. The lowest BCUT2D eigenvalue weighted by Gasteiger charge is -2.37. The van der Waals surface area contributed by atoms with Crippen LogP contribution < -0.4 is 4.90 Å². The predicted molar refractivity (Wildman–Crippen MR) is 135 cm³/mol. The van der Waals surface area contributed by atoms with Gasteiger partial charge in [-0.2, -0.15) is 0 Å². The molecule has 6 rings (SSSR count). The number of anilines is 1. The Hall–Kier alpha value is -1.77. The third kappa shape index (κ3) is 4.44. The van der Waals surface area contributed by atoms with E-state index in [1.807, 2.05) is 16.2 Å². The average molecular weight is 484 g/mol. The summed E-state index contributed by atoms with van der Waals surface area (Å²) < 4.78 is 5.47. The first-order valence-corrected chi connectivity index (χ1v) is 14.1. The van der Waals surface area contributed by atoms with Gasteiger partial charge in [0.1, 0.15) is 16.5 Å². The monoisotopic (exact) mass is 483 g/mol. The van der Waals surface area contributed by atoms with Crippen molar-refractivity contribution in [3.05, 3.63) is 16.3 Å². The molecule has 0 radical (unpaired) electrons. The number of morpholine rings is 1. The first-order chi connectivity index (χ1) is 16.7. The minimum atomic E-state index is 0.0515. The number of thiophene rings is 1. The van der Waals surface area contributed by atoms with Gasteiger partial charge in [-0.3, -0.25) is 9.69 Å². The van der Waals surface area contributed by atoms with Crippen molar-refractivity contribution in [2.45, 2.75) is 58.4 Å². The summed E-state index contributed by atoms with van der Waals surface area (Å²) in [5.74, 6) is 3.24. The summed E-state index contributed by atoms with van der Waals surface area (Å²) in [7, 11) is 0. The summed E-state index contributed by atoms with van der Waals surface area (Å²) in [5, 5.41) is 1.29. The number of fused-ring (bicyclic) bond motifs is 3. The highest BCUT2D eigenvalue weighted by Crippen LogP contribution is 2.41. The maximum atomic E-state index is 13.3. The topological polar surface area (TPSA) is 61.8 Å². The van der Waals surface area contributed by atoms with Crippen molar-refractivity contribution in [1.29, 1.82) is 0 Å². The largest absolute Gasteiger partial charge is 0.378 e. The Morgan fingerprint density at radius 1 is 1.03 bits per heavy atom. The van der Waals surface area contributed by atoms with Gasteiger partial charge in [-0.05, 0) is 69.5 Å².